The summed E-state index contributed by atoms with van der Waals surface area (Å²) in [5.41, 5.74) is 4.86. The number of carbonyl (C=O) groups is 1. The largest absolute Gasteiger partial charge is 0.348 e. The summed E-state index contributed by atoms with van der Waals surface area (Å²) in [6, 6.07) is 13.8. The Bertz CT molecular complexity index is 864. The molecule has 23 heavy (non-hydrogen) atoms. The van der Waals surface area contributed by atoms with Crippen LogP contribution in [-0.2, 0) is 20.0 Å². The van der Waals surface area contributed by atoms with E-state index in [0.717, 1.165) is 28.8 Å². The van der Waals surface area contributed by atoms with Gasteiger partial charge in [0.15, 0.2) is 0 Å². The van der Waals surface area contributed by atoms with Gasteiger partial charge in [-0.1, -0.05) is 36.8 Å². The summed E-state index contributed by atoms with van der Waals surface area (Å²) in [6.45, 7) is 4.66. The summed E-state index contributed by atoms with van der Waals surface area (Å²) in [5, 5.41) is 2.97. The highest BCUT2D eigenvalue weighted by atomic mass is 16.1. The van der Waals surface area contributed by atoms with E-state index in [1.807, 2.05) is 50.4 Å². The van der Waals surface area contributed by atoms with Gasteiger partial charge in [-0.2, -0.15) is 0 Å². The van der Waals surface area contributed by atoms with Crippen LogP contribution in [0.15, 0.2) is 42.5 Å². The zero-order valence-corrected chi connectivity index (χ0v) is 13.8. The van der Waals surface area contributed by atoms with Crippen molar-refractivity contribution >= 4 is 16.9 Å². The fourth-order valence-electron chi connectivity index (χ4n) is 2.81. The number of imidazole rings is 1. The van der Waals surface area contributed by atoms with Gasteiger partial charge >= 0.3 is 0 Å². The lowest BCUT2D eigenvalue weighted by Crippen LogP contribution is -2.22. The standard InChI is InChI=1S/C19H21N3O/c1-4-18-21-16-11-15(8-9-17(16)22(18)3)19(23)20-12-14-7-5-6-13(2)10-14/h5-11H,4,12H2,1-3H3,(H,20,23). The highest BCUT2D eigenvalue weighted by Crippen LogP contribution is 2.17. The van der Waals surface area contributed by atoms with E-state index in [4.69, 9.17) is 0 Å². The predicted octanol–water partition coefficient (Wildman–Crippen LogP) is 3.37. The van der Waals surface area contributed by atoms with E-state index in [0.29, 0.717) is 12.1 Å². The van der Waals surface area contributed by atoms with Crippen LogP contribution in [0, 0.1) is 6.92 Å². The Morgan fingerprint density at radius 1 is 1.22 bits per heavy atom. The van der Waals surface area contributed by atoms with Crippen molar-refractivity contribution in [3.63, 3.8) is 0 Å². The quantitative estimate of drug-likeness (QED) is 0.803. The second-order valence-corrected chi connectivity index (χ2v) is 5.82. The molecule has 0 saturated heterocycles. The van der Waals surface area contributed by atoms with Crippen LogP contribution in [0.25, 0.3) is 11.0 Å². The monoisotopic (exact) mass is 307 g/mol. The van der Waals surface area contributed by atoms with Crippen molar-refractivity contribution in [2.75, 3.05) is 0 Å². The maximum atomic E-state index is 12.4. The molecule has 2 aromatic carbocycles. The number of nitrogens with zero attached hydrogens (tertiary/aromatic N) is 2. The third kappa shape index (κ3) is 3.11. The minimum absolute atomic E-state index is 0.0721. The first-order valence-electron chi connectivity index (χ1n) is 7.87. The van der Waals surface area contributed by atoms with Gasteiger partial charge in [-0.05, 0) is 30.7 Å². The van der Waals surface area contributed by atoms with Crippen molar-refractivity contribution in [1.29, 1.82) is 0 Å². The number of amides is 1. The van der Waals surface area contributed by atoms with Crippen LogP contribution in [0.1, 0.15) is 34.2 Å². The zero-order valence-electron chi connectivity index (χ0n) is 13.8. The average Bonchev–Trinajstić information content (AvgIpc) is 2.88. The molecule has 3 aromatic rings. The average molecular weight is 307 g/mol. The van der Waals surface area contributed by atoms with Gasteiger partial charge in [0.1, 0.15) is 5.82 Å². The Morgan fingerprint density at radius 2 is 2.04 bits per heavy atom. The fourth-order valence-corrected chi connectivity index (χ4v) is 2.81. The van der Waals surface area contributed by atoms with Crippen LogP contribution in [0.3, 0.4) is 0 Å². The van der Waals surface area contributed by atoms with E-state index < -0.39 is 0 Å². The molecule has 1 amide bonds. The Hall–Kier alpha value is -2.62. The topological polar surface area (TPSA) is 46.9 Å². The first-order valence-corrected chi connectivity index (χ1v) is 7.87. The van der Waals surface area contributed by atoms with Crippen LogP contribution in [-0.4, -0.2) is 15.5 Å². The summed E-state index contributed by atoms with van der Waals surface area (Å²) in [6.07, 6.45) is 0.875. The number of carbonyl (C=O) groups excluding carboxylic acids is 1. The molecule has 1 aromatic heterocycles. The Kier molecular flexibility index (Phi) is 4.15. The number of nitrogens with one attached hydrogen (secondary N) is 1. The Labute approximate surface area is 136 Å². The number of hydrogen-bond acceptors (Lipinski definition) is 2. The van der Waals surface area contributed by atoms with E-state index in [-0.39, 0.29) is 5.91 Å². The molecule has 118 valence electrons. The van der Waals surface area contributed by atoms with Crippen molar-refractivity contribution in [3.8, 4) is 0 Å². The molecular weight excluding hydrogens is 286 g/mol. The van der Waals surface area contributed by atoms with E-state index >= 15 is 0 Å². The van der Waals surface area contributed by atoms with Crippen LogP contribution < -0.4 is 5.32 Å². The van der Waals surface area contributed by atoms with Gasteiger partial charge in [-0.3, -0.25) is 4.79 Å². The predicted molar refractivity (Wildman–Crippen MR) is 92.4 cm³/mol. The van der Waals surface area contributed by atoms with Gasteiger partial charge in [0, 0.05) is 25.6 Å². The second kappa shape index (κ2) is 6.24. The molecule has 1 heterocycles. The molecule has 0 atom stereocenters. The van der Waals surface area contributed by atoms with E-state index in [9.17, 15) is 4.79 Å². The van der Waals surface area contributed by atoms with Crippen molar-refractivity contribution in [1.82, 2.24) is 14.9 Å². The number of hydrogen-bond donors (Lipinski definition) is 1. The summed E-state index contributed by atoms with van der Waals surface area (Å²) in [5.74, 6) is 0.953. The molecule has 0 saturated carbocycles. The molecule has 0 aliphatic carbocycles. The third-order valence-electron chi connectivity index (χ3n) is 4.09. The van der Waals surface area contributed by atoms with Gasteiger partial charge in [-0.25, -0.2) is 4.98 Å². The molecule has 0 fully saturated rings. The van der Waals surface area contributed by atoms with Crippen LogP contribution in [0.4, 0.5) is 0 Å². The molecule has 1 N–H and O–H groups in total. The van der Waals surface area contributed by atoms with Crippen molar-refractivity contribution in [2.45, 2.75) is 26.8 Å². The molecular formula is C19H21N3O. The smallest absolute Gasteiger partial charge is 0.251 e. The maximum absolute atomic E-state index is 12.4. The van der Waals surface area contributed by atoms with Crippen molar-refractivity contribution < 1.29 is 4.79 Å². The Morgan fingerprint density at radius 3 is 2.78 bits per heavy atom. The number of aryl methyl sites for hydroxylation is 3. The van der Waals surface area contributed by atoms with Gasteiger partial charge < -0.3 is 9.88 Å². The summed E-state index contributed by atoms with van der Waals surface area (Å²) in [4.78, 5) is 16.9. The third-order valence-corrected chi connectivity index (χ3v) is 4.09. The minimum atomic E-state index is -0.0721. The number of fused-ring (bicyclic) bond motifs is 1. The molecule has 0 unspecified atom stereocenters. The first-order chi connectivity index (χ1) is 11.1. The van der Waals surface area contributed by atoms with E-state index in [1.54, 1.807) is 0 Å². The number of benzene rings is 2. The molecule has 4 nitrogen and oxygen atoms in total. The van der Waals surface area contributed by atoms with Crippen molar-refractivity contribution in [2.24, 2.45) is 7.05 Å². The molecule has 0 spiro atoms. The summed E-state index contributed by atoms with van der Waals surface area (Å²) >= 11 is 0. The molecule has 0 radical (unpaired) electrons. The number of rotatable bonds is 4. The fraction of sp³-hybridized carbons (Fsp3) is 0.263. The van der Waals surface area contributed by atoms with Gasteiger partial charge in [0.05, 0.1) is 11.0 Å². The molecule has 0 bridgehead atoms. The molecule has 0 aliphatic heterocycles. The highest BCUT2D eigenvalue weighted by Gasteiger charge is 2.10. The van der Waals surface area contributed by atoms with E-state index in [1.165, 1.54) is 5.56 Å². The summed E-state index contributed by atoms with van der Waals surface area (Å²) in [7, 11) is 2.01. The lowest BCUT2D eigenvalue weighted by Gasteiger charge is -2.06. The number of aromatic nitrogens is 2. The maximum Gasteiger partial charge on any atom is 0.251 e. The van der Waals surface area contributed by atoms with Gasteiger partial charge in [-0.15, -0.1) is 0 Å². The lowest BCUT2D eigenvalue weighted by molar-refractivity contribution is 0.0951. The molecule has 4 heteroatoms. The zero-order chi connectivity index (χ0) is 16.4. The van der Waals surface area contributed by atoms with Crippen LogP contribution in [0.2, 0.25) is 0 Å². The normalized spacial score (nSPS) is 10.9. The van der Waals surface area contributed by atoms with E-state index in [2.05, 4.69) is 27.9 Å². The first kappa shape index (κ1) is 15.3. The van der Waals surface area contributed by atoms with Crippen LogP contribution in [0.5, 0.6) is 0 Å². The van der Waals surface area contributed by atoms with Gasteiger partial charge in [0.2, 0.25) is 0 Å². The van der Waals surface area contributed by atoms with Gasteiger partial charge in [0.25, 0.3) is 5.91 Å². The summed E-state index contributed by atoms with van der Waals surface area (Å²) < 4.78 is 2.07. The molecule has 0 aliphatic rings. The van der Waals surface area contributed by atoms with Crippen molar-refractivity contribution in [3.05, 3.63) is 65.0 Å². The minimum Gasteiger partial charge on any atom is -0.348 e. The van der Waals surface area contributed by atoms with Crippen LogP contribution >= 0.6 is 0 Å². The highest BCUT2D eigenvalue weighted by molar-refractivity contribution is 5.97. The molecule has 3 rings (SSSR count). The SMILES string of the molecule is CCc1nc2cc(C(=O)NCc3cccc(C)c3)ccc2n1C. The lowest BCUT2D eigenvalue weighted by atomic mass is 10.1. The second-order valence-electron chi connectivity index (χ2n) is 5.82. The Balaban J connectivity index is 1.78.